The maximum absolute atomic E-state index is 12.8. The van der Waals surface area contributed by atoms with Crippen LogP contribution in [0.4, 0.5) is 0 Å². The Labute approximate surface area is 174 Å². The third-order valence-corrected chi connectivity index (χ3v) is 4.55. The number of carboxylic acid groups (broad SMARTS) is 1. The van der Waals surface area contributed by atoms with Gasteiger partial charge in [-0.05, 0) is 42.0 Å². The van der Waals surface area contributed by atoms with E-state index in [1.165, 1.54) is 13.2 Å². The number of nitrogens with zero attached hydrogens (tertiary/aromatic N) is 3. The zero-order chi connectivity index (χ0) is 21.0. The molecule has 0 bridgehead atoms. The van der Waals surface area contributed by atoms with E-state index in [1.54, 1.807) is 36.4 Å². The Hall–Kier alpha value is -3.70. The Morgan fingerprint density at radius 2 is 1.97 bits per heavy atom. The molecule has 0 aliphatic rings. The summed E-state index contributed by atoms with van der Waals surface area (Å²) in [4.78, 5) is 24.6. The summed E-state index contributed by atoms with van der Waals surface area (Å²) in [5.41, 5.74) is -0.384. The average molecular weight is 452 g/mol. The summed E-state index contributed by atoms with van der Waals surface area (Å²) in [6.07, 6.45) is 3.03. The van der Waals surface area contributed by atoms with Crippen molar-refractivity contribution in [1.29, 1.82) is 5.26 Å². The second kappa shape index (κ2) is 8.54. The number of nitriles is 1. The van der Waals surface area contributed by atoms with Crippen molar-refractivity contribution >= 4 is 34.1 Å². The molecule has 7 nitrogen and oxygen atoms in total. The highest BCUT2D eigenvalue weighted by Gasteiger charge is 2.21. The number of hydrogen-bond donors (Lipinski definition) is 1. The van der Waals surface area contributed by atoms with E-state index in [2.05, 4.69) is 21.0 Å². The lowest BCUT2D eigenvalue weighted by Crippen LogP contribution is -2.28. The molecular formula is C21H14BrN3O4. The van der Waals surface area contributed by atoms with Gasteiger partial charge in [0, 0.05) is 10.0 Å². The molecule has 8 heteroatoms. The number of carbonyl (C=O) groups is 1. The number of benzene rings is 2. The molecule has 1 heterocycles. The van der Waals surface area contributed by atoms with Crippen LogP contribution in [0.3, 0.4) is 0 Å². The number of aromatic nitrogens is 2. The van der Waals surface area contributed by atoms with Crippen LogP contribution in [0.2, 0.25) is 0 Å². The van der Waals surface area contributed by atoms with Crippen molar-refractivity contribution in [1.82, 2.24) is 9.78 Å². The fourth-order valence-corrected chi connectivity index (χ4v) is 3.07. The van der Waals surface area contributed by atoms with Gasteiger partial charge in [-0.2, -0.15) is 15.0 Å². The lowest BCUT2D eigenvalue weighted by atomic mass is 10.1. The third-order valence-electron chi connectivity index (χ3n) is 4.05. The average Bonchev–Trinajstić information content (AvgIpc) is 2.72. The molecule has 29 heavy (non-hydrogen) atoms. The van der Waals surface area contributed by atoms with Gasteiger partial charge in [0.2, 0.25) is 0 Å². The van der Waals surface area contributed by atoms with Gasteiger partial charge in [0.1, 0.15) is 17.4 Å². The summed E-state index contributed by atoms with van der Waals surface area (Å²) in [6, 6.07) is 15.4. The first-order valence-electron chi connectivity index (χ1n) is 8.33. The van der Waals surface area contributed by atoms with Crippen molar-refractivity contribution in [3.8, 4) is 17.5 Å². The second-order valence-electron chi connectivity index (χ2n) is 5.86. The van der Waals surface area contributed by atoms with Gasteiger partial charge in [0.05, 0.1) is 12.8 Å². The number of aromatic carboxylic acids is 1. The fraction of sp³-hybridized carbons (Fsp3) is 0.0476. The van der Waals surface area contributed by atoms with Crippen LogP contribution in [0.1, 0.15) is 27.2 Å². The standard InChI is InChI=1S/C21H14BrN3O4/c1-29-16-8-6-15(7-9-16)25-20(26)18(12-23)17(19(24-25)21(27)28)10-5-13-3-2-4-14(22)11-13/h2-11H,1H3,(H,27,28)/b10-5-. The Kier molecular flexibility index (Phi) is 5.90. The Morgan fingerprint density at radius 1 is 1.24 bits per heavy atom. The molecule has 0 fully saturated rings. The summed E-state index contributed by atoms with van der Waals surface area (Å²) in [6.45, 7) is 0. The van der Waals surface area contributed by atoms with E-state index < -0.39 is 17.2 Å². The van der Waals surface area contributed by atoms with Crippen molar-refractivity contribution in [2.24, 2.45) is 0 Å². The maximum Gasteiger partial charge on any atom is 0.357 e. The number of methoxy groups -OCH3 is 1. The number of carboxylic acids is 1. The van der Waals surface area contributed by atoms with Gasteiger partial charge in [-0.1, -0.05) is 40.2 Å². The second-order valence-corrected chi connectivity index (χ2v) is 6.77. The van der Waals surface area contributed by atoms with Crippen molar-refractivity contribution < 1.29 is 14.6 Å². The molecule has 0 radical (unpaired) electrons. The van der Waals surface area contributed by atoms with Crippen LogP contribution in [0, 0.1) is 11.3 Å². The first-order chi connectivity index (χ1) is 13.9. The quantitative estimate of drug-likeness (QED) is 0.633. The minimum atomic E-state index is -1.35. The van der Waals surface area contributed by atoms with Gasteiger partial charge in [-0.3, -0.25) is 4.79 Å². The molecule has 1 N–H and O–H groups in total. The highest BCUT2D eigenvalue weighted by molar-refractivity contribution is 9.10. The fourth-order valence-electron chi connectivity index (χ4n) is 2.66. The minimum absolute atomic E-state index is 0.0465. The van der Waals surface area contributed by atoms with Crippen molar-refractivity contribution in [3.05, 3.63) is 85.7 Å². The highest BCUT2D eigenvalue weighted by atomic mass is 79.9. The molecule has 0 aliphatic carbocycles. The summed E-state index contributed by atoms with van der Waals surface area (Å²) < 4.78 is 6.82. The predicted octanol–water partition coefficient (Wildman–Crippen LogP) is 3.74. The number of halogens is 1. The van der Waals surface area contributed by atoms with Crippen LogP contribution < -0.4 is 10.3 Å². The lowest BCUT2D eigenvalue weighted by Gasteiger charge is -2.10. The molecule has 0 unspecified atom stereocenters. The Morgan fingerprint density at radius 3 is 2.55 bits per heavy atom. The van der Waals surface area contributed by atoms with Crippen LogP contribution in [0.15, 0.2) is 57.8 Å². The summed E-state index contributed by atoms with van der Waals surface area (Å²) in [7, 11) is 1.50. The first kappa shape index (κ1) is 20.0. The van der Waals surface area contributed by atoms with E-state index >= 15 is 0 Å². The third kappa shape index (κ3) is 4.25. The molecule has 0 saturated heterocycles. The van der Waals surface area contributed by atoms with Gasteiger partial charge in [-0.15, -0.1) is 0 Å². The molecule has 1 aromatic heterocycles. The van der Waals surface area contributed by atoms with E-state index in [1.807, 2.05) is 24.3 Å². The SMILES string of the molecule is COc1ccc(-n2nc(C(=O)O)c(/C=C\c3cccc(Br)c3)c(C#N)c2=O)cc1. The van der Waals surface area contributed by atoms with Gasteiger partial charge in [0.25, 0.3) is 5.56 Å². The Balaban J connectivity index is 2.19. The van der Waals surface area contributed by atoms with Crippen molar-refractivity contribution in [3.63, 3.8) is 0 Å². The van der Waals surface area contributed by atoms with Crippen LogP contribution in [0.25, 0.3) is 17.8 Å². The van der Waals surface area contributed by atoms with E-state index in [4.69, 9.17) is 4.74 Å². The van der Waals surface area contributed by atoms with E-state index in [-0.39, 0.29) is 11.1 Å². The zero-order valence-corrected chi connectivity index (χ0v) is 16.8. The molecule has 0 amide bonds. The normalized spacial score (nSPS) is 10.7. The molecule has 3 rings (SSSR count). The first-order valence-corrected chi connectivity index (χ1v) is 9.12. The molecule has 144 valence electrons. The lowest BCUT2D eigenvalue weighted by molar-refractivity contribution is 0.0688. The van der Waals surface area contributed by atoms with Crippen molar-refractivity contribution in [2.75, 3.05) is 7.11 Å². The van der Waals surface area contributed by atoms with Crippen molar-refractivity contribution in [2.45, 2.75) is 0 Å². The van der Waals surface area contributed by atoms with Crippen LogP contribution in [-0.2, 0) is 0 Å². The van der Waals surface area contributed by atoms with E-state index in [0.29, 0.717) is 11.4 Å². The topological polar surface area (TPSA) is 105 Å². The maximum atomic E-state index is 12.8. The van der Waals surface area contributed by atoms with E-state index in [0.717, 1.165) is 14.7 Å². The monoisotopic (exact) mass is 451 g/mol. The van der Waals surface area contributed by atoms with Crippen LogP contribution in [-0.4, -0.2) is 28.0 Å². The van der Waals surface area contributed by atoms with Gasteiger partial charge >= 0.3 is 5.97 Å². The minimum Gasteiger partial charge on any atom is -0.497 e. The van der Waals surface area contributed by atoms with Crippen LogP contribution in [0.5, 0.6) is 5.75 Å². The summed E-state index contributed by atoms with van der Waals surface area (Å²) >= 11 is 3.36. The number of ether oxygens (including phenoxy) is 1. The number of rotatable bonds is 5. The molecule has 0 saturated carbocycles. The largest absolute Gasteiger partial charge is 0.497 e. The highest BCUT2D eigenvalue weighted by Crippen LogP contribution is 2.19. The molecule has 3 aromatic rings. The summed E-state index contributed by atoms with van der Waals surface area (Å²) in [5.74, 6) is -0.785. The molecule has 0 spiro atoms. The summed E-state index contributed by atoms with van der Waals surface area (Å²) in [5, 5.41) is 23.2. The number of hydrogen-bond acceptors (Lipinski definition) is 5. The smallest absolute Gasteiger partial charge is 0.357 e. The predicted molar refractivity (Wildman–Crippen MR) is 111 cm³/mol. The zero-order valence-electron chi connectivity index (χ0n) is 15.2. The van der Waals surface area contributed by atoms with Gasteiger partial charge in [-0.25, -0.2) is 4.79 Å². The van der Waals surface area contributed by atoms with Gasteiger partial charge < -0.3 is 9.84 Å². The van der Waals surface area contributed by atoms with Gasteiger partial charge in [0.15, 0.2) is 5.69 Å². The molecule has 2 aromatic carbocycles. The Bertz CT molecular complexity index is 1210. The van der Waals surface area contributed by atoms with E-state index in [9.17, 15) is 20.0 Å². The molecule has 0 aliphatic heterocycles. The van der Waals surface area contributed by atoms with Crippen LogP contribution >= 0.6 is 15.9 Å². The molecular weight excluding hydrogens is 438 g/mol. The molecule has 0 atom stereocenters.